The first-order valence-electron chi connectivity index (χ1n) is 14.0. The standard InChI is InChI=1S/C31H40N4O5S/c1-4-5-20-35(29-8-6-7-9-30(29)39-2)31(36)32-25-18-21-34(22-19-25)23-24-10-14-27(15-11-24)40-28-16-12-26(13-17-28)33-41(3,37)38/h6-17,25,33H,4-5,18-23H2,1-3H3,(H,32,36). The molecule has 0 aromatic heterocycles. The Morgan fingerprint density at radius 2 is 1.61 bits per heavy atom. The molecule has 3 aromatic carbocycles. The number of urea groups is 1. The van der Waals surface area contributed by atoms with E-state index < -0.39 is 10.0 Å². The number of carbonyl (C=O) groups is 1. The van der Waals surface area contributed by atoms with Gasteiger partial charge in [-0.15, -0.1) is 0 Å². The van der Waals surface area contributed by atoms with Crippen molar-refractivity contribution in [2.45, 2.75) is 45.2 Å². The van der Waals surface area contributed by atoms with Gasteiger partial charge in [0.05, 0.1) is 19.1 Å². The van der Waals surface area contributed by atoms with E-state index in [9.17, 15) is 13.2 Å². The summed E-state index contributed by atoms with van der Waals surface area (Å²) in [5, 5.41) is 3.26. The number of hydrogen-bond donors (Lipinski definition) is 2. The van der Waals surface area contributed by atoms with Crippen LogP contribution in [0.25, 0.3) is 0 Å². The fourth-order valence-electron chi connectivity index (χ4n) is 4.85. The Bertz CT molecular complexity index is 1370. The van der Waals surface area contributed by atoms with E-state index in [-0.39, 0.29) is 12.1 Å². The molecule has 2 amide bonds. The number of methoxy groups -OCH3 is 1. The minimum Gasteiger partial charge on any atom is -0.495 e. The van der Waals surface area contributed by atoms with Crippen LogP contribution in [0.4, 0.5) is 16.2 Å². The SMILES string of the molecule is CCCCN(C(=O)NC1CCN(Cc2ccc(Oc3ccc(NS(C)(=O)=O)cc3)cc2)CC1)c1ccccc1OC. The molecule has 0 bridgehead atoms. The summed E-state index contributed by atoms with van der Waals surface area (Å²) in [4.78, 5) is 17.5. The Morgan fingerprint density at radius 1 is 0.976 bits per heavy atom. The maximum Gasteiger partial charge on any atom is 0.322 e. The Labute approximate surface area is 243 Å². The Morgan fingerprint density at radius 3 is 2.22 bits per heavy atom. The van der Waals surface area contributed by atoms with Crippen molar-refractivity contribution >= 4 is 27.4 Å². The molecule has 0 radical (unpaired) electrons. The zero-order chi connectivity index (χ0) is 29.2. The topological polar surface area (TPSA) is 100 Å². The van der Waals surface area contributed by atoms with E-state index in [0.29, 0.717) is 29.5 Å². The van der Waals surface area contributed by atoms with Crippen LogP contribution in [0.1, 0.15) is 38.2 Å². The third-order valence-electron chi connectivity index (χ3n) is 6.99. The molecule has 0 spiro atoms. The van der Waals surface area contributed by atoms with Crippen LogP contribution in [0.3, 0.4) is 0 Å². The van der Waals surface area contributed by atoms with Gasteiger partial charge in [-0.3, -0.25) is 14.5 Å². The number of carbonyl (C=O) groups excluding carboxylic acids is 1. The lowest BCUT2D eigenvalue weighted by atomic mass is 10.0. The Balaban J connectivity index is 1.26. The summed E-state index contributed by atoms with van der Waals surface area (Å²) in [6.45, 7) is 5.40. The van der Waals surface area contributed by atoms with Crippen molar-refractivity contribution in [2.75, 3.05) is 42.6 Å². The molecule has 41 heavy (non-hydrogen) atoms. The number of ether oxygens (including phenoxy) is 2. The van der Waals surface area contributed by atoms with E-state index in [0.717, 1.165) is 57.3 Å². The van der Waals surface area contributed by atoms with Crippen LogP contribution < -0.4 is 24.4 Å². The van der Waals surface area contributed by atoms with E-state index >= 15 is 0 Å². The van der Waals surface area contributed by atoms with Gasteiger partial charge in [-0.25, -0.2) is 13.2 Å². The molecule has 1 aliphatic rings. The molecular weight excluding hydrogens is 540 g/mol. The number of rotatable bonds is 12. The first kappa shape index (κ1) is 30.2. The molecule has 1 heterocycles. The van der Waals surface area contributed by atoms with Crippen molar-refractivity contribution in [1.82, 2.24) is 10.2 Å². The van der Waals surface area contributed by atoms with Crippen LogP contribution in [-0.2, 0) is 16.6 Å². The van der Waals surface area contributed by atoms with Gasteiger partial charge < -0.3 is 14.8 Å². The van der Waals surface area contributed by atoms with Gasteiger partial charge in [0.15, 0.2) is 0 Å². The van der Waals surface area contributed by atoms with Gasteiger partial charge in [-0.2, -0.15) is 0 Å². The molecule has 10 heteroatoms. The van der Waals surface area contributed by atoms with Gasteiger partial charge in [0.1, 0.15) is 17.2 Å². The molecule has 220 valence electrons. The number of nitrogens with zero attached hydrogens (tertiary/aromatic N) is 2. The van der Waals surface area contributed by atoms with Crippen molar-refractivity contribution in [3.05, 3.63) is 78.4 Å². The van der Waals surface area contributed by atoms with Crippen molar-refractivity contribution in [1.29, 1.82) is 0 Å². The number of hydrogen-bond acceptors (Lipinski definition) is 6. The molecule has 0 aliphatic carbocycles. The smallest absolute Gasteiger partial charge is 0.322 e. The van der Waals surface area contributed by atoms with E-state index in [4.69, 9.17) is 9.47 Å². The molecule has 0 saturated carbocycles. The van der Waals surface area contributed by atoms with Crippen LogP contribution in [0.2, 0.25) is 0 Å². The highest BCUT2D eigenvalue weighted by atomic mass is 32.2. The molecule has 2 N–H and O–H groups in total. The predicted octanol–water partition coefficient (Wildman–Crippen LogP) is 5.84. The molecule has 4 rings (SSSR count). The van der Waals surface area contributed by atoms with Crippen molar-refractivity contribution in [2.24, 2.45) is 0 Å². The molecule has 9 nitrogen and oxygen atoms in total. The number of piperidine rings is 1. The molecular formula is C31H40N4O5S. The Hall–Kier alpha value is -3.76. The van der Waals surface area contributed by atoms with Crippen LogP contribution in [0.15, 0.2) is 72.8 Å². The number of nitrogens with one attached hydrogen (secondary N) is 2. The van der Waals surface area contributed by atoms with Crippen molar-refractivity contribution in [3.63, 3.8) is 0 Å². The Kier molecular flexibility index (Phi) is 10.5. The molecule has 0 unspecified atom stereocenters. The van der Waals surface area contributed by atoms with Gasteiger partial charge >= 0.3 is 6.03 Å². The van der Waals surface area contributed by atoms with Gasteiger partial charge in [0, 0.05) is 37.9 Å². The van der Waals surface area contributed by atoms with Crippen molar-refractivity contribution < 1.29 is 22.7 Å². The molecule has 0 atom stereocenters. The third kappa shape index (κ3) is 9.12. The predicted molar refractivity (Wildman–Crippen MR) is 164 cm³/mol. The highest BCUT2D eigenvalue weighted by Gasteiger charge is 2.25. The summed E-state index contributed by atoms with van der Waals surface area (Å²) < 4.78 is 36.6. The molecule has 1 saturated heterocycles. The minimum atomic E-state index is -3.31. The number of para-hydroxylation sites is 2. The lowest BCUT2D eigenvalue weighted by Crippen LogP contribution is -2.49. The van der Waals surface area contributed by atoms with Crippen LogP contribution in [-0.4, -0.2) is 58.4 Å². The fraction of sp³-hybridized carbons (Fsp3) is 0.387. The number of anilines is 2. The summed E-state index contributed by atoms with van der Waals surface area (Å²) >= 11 is 0. The zero-order valence-corrected chi connectivity index (χ0v) is 24.8. The van der Waals surface area contributed by atoms with E-state index in [1.165, 1.54) is 5.56 Å². The normalized spacial score (nSPS) is 14.3. The monoisotopic (exact) mass is 580 g/mol. The second kappa shape index (κ2) is 14.2. The maximum atomic E-state index is 13.3. The lowest BCUT2D eigenvalue weighted by molar-refractivity contribution is 0.188. The van der Waals surface area contributed by atoms with Gasteiger partial charge in [0.2, 0.25) is 10.0 Å². The average Bonchev–Trinajstić information content (AvgIpc) is 2.96. The van der Waals surface area contributed by atoms with Crippen LogP contribution in [0, 0.1) is 0 Å². The average molecular weight is 581 g/mol. The summed E-state index contributed by atoms with van der Waals surface area (Å²) in [5.41, 5.74) is 2.48. The number of unbranched alkanes of at least 4 members (excludes halogenated alkanes) is 1. The largest absolute Gasteiger partial charge is 0.495 e. The number of benzene rings is 3. The summed E-state index contributed by atoms with van der Waals surface area (Å²) in [6.07, 6.45) is 4.83. The first-order valence-corrected chi connectivity index (χ1v) is 15.9. The van der Waals surface area contributed by atoms with Crippen LogP contribution in [0.5, 0.6) is 17.2 Å². The summed E-state index contributed by atoms with van der Waals surface area (Å²) in [6, 6.07) is 22.5. The quantitative estimate of drug-likeness (QED) is 0.279. The summed E-state index contributed by atoms with van der Waals surface area (Å²) in [5.74, 6) is 2.03. The van der Waals surface area contributed by atoms with Gasteiger partial charge in [-0.1, -0.05) is 37.6 Å². The molecule has 1 aliphatic heterocycles. The maximum absolute atomic E-state index is 13.3. The number of sulfonamides is 1. The van der Waals surface area contributed by atoms with Gasteiger partial charge in [-0.05, 0) is 73.4 Å². The van der Waals surface area contributed by atoms with E-state index in [1.54, 1.807) is 36.3 Å². The first-order chi connectivity index (χ1) is 19.7. The minimum absolute atomic E-state index is 0.0710. The summed E-state index contributed by atoms with van der Waals surface area (Å²) in [7, 11) is -1.68. The van der Waals surface area contributed by atoms with Crippen molar-refractivity contribution in [3.8, 4) is 17.2 Å². The second-order valence-corrected chi connectivity index (χ2v) is 12.1. The highest BCUT2D eigenvalue weighted by Crippen LogP contribution is 2.29. The van der Waals surface area contributed by atoms with E-state index in [1.807, 2.05) is 36.4 Å². The second-order valence-electron chi connectivity index (χ2n) is 10.3. The molecule has 1 fully saturated rings. The van der Waals surface area contributed by atoms with E-state index in [2.05, 4.69) is 34.0 Å². The third-order valence-corrected chi connectivity index (χ3v) is 7.60. The fourth-order valence-corrected chi connectivity index (χ4v) is 5.41. The lowest BCUT2D eigenvalue weighted by Gasteiger charge is -2.34. The number of likely N-dealkylation sites (tertiary alicyclic amines) is 1. The highest BCUT2D eigenvalue weighted by molar-refractivity contribution is 7.92. The number of amides is 2. The van der Waals surface area contributed by atoms with Gasteiger partial charge in [0.25, 0.3) is 0 Å². The zero-order valence-electron chi connectivity index (χ0n) is 24.0. The van der Waals surface area contributed by atoms with Crippen LogP contribution >= 0.6 is 0 Å². The molecule has 3 aromatic rings.